The lowest BCUT2D eigenvalue weighted by Gasteiger charge is -2.48. The summed E-state index contributed by atoms with van der Waals surface area (Å²) in [6, 6.07) is -0.974. The molecule has 0 radical (unpaired) electrons. The number of nitrogens with one attached hydrogen (secondary N) is 1. The zero-order chi connectivity index (χ0) is 53.4. The number of hydrogen-bond acceptors (Lipinski definition) is 18. The highest BCUT2D eigenvalue weighted by molar-refractivity contribution is 5.76. The summed E-state index contributed by atoms with van der Waals surface area (Å²) in [6.07, 6.45) is 11.4. The summed E-state index contributed by atoms with van der Waals surface area (Å²) in [5, 5.41) is 120. The van der Waals surface area contributed by atoms with Gasteiger partial charge in [-0.1, -0.05) is 147 Å². The number of rotatable bonds is 39. The molecule has 0 aliphatic carbocycles. The lowest BCUT2D eigenvalue weighted by atomic mass is 9.96. The van der Waals surface area contributed by atoms with Crippen LogP contribution in [-0.2, 0) is 33.2 Å². The van der Waals surface area contributed by atoms with E-state index in [0.29, 0.717) is 6.42 Å². The first kappa shape index (κ1) is 65.3. The van der Waals surface area contributed by atoms with E-state index in [1.54, 1.807) is 6.08 Å². The molecule has 0 aromatic rings. The maximum Gasteiger partial charge on any atom is 0.220 e. The molecule has 12 N–H and O–H groups in total. The molecule has 73 heavy (non-hydrogen) atoms. The average molecular weight is 1050 g/mol. The highest BCUT2D eigenvalue weighted by Gasteiger charge is 2.53. The Morgan fingerprint density at radius 1 is 0.493 bits per heavy atom. The molecule has 0 spiro atoms. The summed E-state index contributed by atoms with van der Waals surface area (Å²) >= 11 is 0. The van der Waals surface area contributed by atoms with Crippen molar-refractivity contribution in [3.05, 3.63) is 36.5 Å². The van der Waals surface area contributed by atoms with E-state index in [4.69, 9.17) is 28.4 Å². The van der Waals surface area contributed by atoms with Crippen LogP contribution in [-0.4, -0.2) is 193 Å². The van der Waals surface area contributed by atoms with E-state index in [-0.39, 0.29) is 18.9 Å². The SMILES string of the molecule is CCCCC/C=C\C/C=C\CCCCCCCCCC(=O)NC(COC1OC(CO)C(OC2OC(CO)C(OC3OC(CO)C(O)C(O)C3O)C(O)C2O)C(O)C1O)C(O)/C=C/CCCCCCCCCCC. The number of aliphatic hydroxyl groups excluding tert-OH is 11. The van der Waals surface area contributed by atoms with Gasteiger partial charge in [0.2, 0.25) is 5.91 Å². The first-order valence-corrected chi connectivity index (χ1v) is 27.7. The summed E-state index contributed by atoms with van der Waals surface area (Å²) < 4.78 is 34.1. The second kappa shape index (κ2) is 38.5. The highest BCUT2D eigenvalue weighted by atomic mass is 16.8. The Morgan fingerprint density at radius 3 is 1.42 bits per heavy atom. The van der Waals surface area contributed by atoms with Gasteiger partial charge in [-0.3, -0.25) is 4.79 Å². The number of allylic oxidation sites excluding steroid dienone is 5. The van der Waals surface area contributed by atoms with Gasteiger partial charge in [-0.25, -0.2) is 0 Å². The van der Waals surface area contributed by atoms with Crippen LogP contribution in [0.4, 0.5) is 0 Å². The van der Waals surface area contributed by atoms with Crippen molar-refractivity contribution in [3.63, 3.8) is 0 Å². The van der Waals surface area contributed by atoms with Gasteiger partial charge in [-0.15, -0.1) is 0 Å². The molecular formula is C54H97NO18. The van der Waals surface area contributed by atoms with Crippen LogP contribution >= 0.6 is 0 Å². The molecule has 0 aromatic heterocycles. The van der Waals surface area contributed by atoms with Gasteiger partial charge in [-0.05, 0) is 51.4 Å². The normalized spacial score (nSPS) is 32.0. The molecule has 17 unspecified atom stereocenters. The molecule has 3 fully saturated rings. The molecular weight excluding hydrogens is 951 g/mol. The Bertz CT molecular complexity index is 1490. The third-order valence-electron chi connectivity index (χ3n) is 13.9. The van der Waals surface area contributed by atoms with Crippen molar-refractivity contribution < 1.29 is 89.4 Å². The molecule has 0 saturated carbocycles. The van der Waals surface area contributed by atoms with Crippen LogP contribution in [0.5, 0.6) is 0 Å². The molecule has 0 aromatic carbocycles. The maximum atomic E-state index is 13.3. The third kappa shape index (κ3) is 23.7. The van der Waals surface area contributed by atoms with E-state index in [1.165, 1.54) is 57.8 Å². The zero-order valence-electron chi connectivity index (χ0n) is 43.9. The summed E-state index contributed by atoms with van der Waals surface area (Å²) in [6.45, 7) is 1.64. The number of carbonyl (C=O) groups is 1. The van der Waals surface area contributed by atoms with Gasteiger partial charge in [0, 0.05) is 6.42 Å². The maximum absolute atomic E-state index is 13.3. The Labute approximate surface area is 434 Å². The minimum absolute atomic E-state index is 0.234. The zero-order valence-corrected chi connectivity index (χ0v) is 43.9. The Morgan fingerprint density at radius 2 is 0.904 bits per heavy atom. The first-order valence-electron chi connectivity index (χ1n) is 27.7. The van der Waals surface area contributed by atoms with E-state index in [0.717, 1.165) is 83.5 Å². The topological polar surface area (TPSA) is 307 Å². The fourth-order valence-corrected chi connectivity index (χ4v) is 9.28. The molecule has 426 valence electrons. The second-order valence-corrected chi connectivity index (χ2v) is 20.0. The third-order valence-corrected chi connectivity index (χ3v) is 13.9. The minimum atomic E-state index is -1.98. The fourth-order valence-electron chi connectivity index (χ4n) is 9.28. The fraction of sp³-hybridized carbons (Fsp3) is 0.870. The predicted octanol–water partition coefficient (Wildman–Crippen LogP) is 3.37. The summed E-state index contributed by atoms with van der Waals surface area (Å²) in [7, 11) is 0. The number of carbonyl (C=O) groups excluding carboxylic acids is 1. The van der Waals surface area contributed by atoms with Crippen LogP contribution in [0.3, 0.4) is 0 Å². The lowest BCUT2D eigenvalue weighted by Crippen LogP contribution is -2.66. The molecule has 19 heteroatoms. The van der Waals surface area contributed by atoms with E-state index in [1.807, 2.05) is 6.08 Å². The quantitative estimate of drug-likeness (QED) is 0.0310. The Kier molecular flexibility index (Phi) is 34.5. The van der Waals surface area contributed by atoms with Crippen molar-refractivity contribution in [3.8, 4) is 0 Å². The van der Waals surface area contributed by atoms with E-state index in [9.17, 15) is 61.0 Å². The van der Waals surface area contributed by atoms with Gasteiger partial charge in [0.15, 0.2) is 18.9 Å². The summed E-state index contributed by atoms with van der Waals surface area (Å²) in [4.78, 5) is 13.3. The van der Waals surface area contributed by atoms with Gasteiger partial charge in [-0.2, -0.15) is 0 Å². The Hall–Kier alpha value is -1.99. The van der Waals surface area contributed by atoms with Gasteiger partial charge in [0.1, 0.15) is 73.2 Å². The number of hydrogen-bond donors (Lipinski definition) is 12. The molecule has 0 bridgehead atoms. The number of aliphatic hydroxyl groups is 11. The van der Waals surface area contributed by atoms with Crippen molar-refractivity contribution in [2.75, 3.05) is 26.4 Å². The molecule has 3 aliphatic rings. The van der Waals surface area contributed by atoms with Gasteiger partial charge in [0.05, 0.1) is 38.6 Å². The standard InChI is InChI=1S/C54H97NO18/c1-3-5-7-9-11-13-15-16-17-18-19-20-22-24-26-28-30-32-42(60)55-37(38(59)31-29-27-25-23-21-14-12-10-8-6-4-2)36-68-52-48(66)45(63)50(40(34-57)70-52)73-54-49(67)46(64)51(41(35-58)71-54)72-53-47(65)44(62)43(61)39(33-56)69-53/h11,13,16-17,29,31,37-41,43-54,56-59,61-67H,3-10,12,14-15,18-28,30,32-36H2,1-2H3,(H,55,60)/b13-11-,17-16-,31-29+. The van der Waals surface area contributed by atoms with Crippen molar-refractivity contribution in [1.29, 1.82) is 0 Å². The largest absolute Gasteiger partial charge is 0.394 e. The van der Waals surface area contributed by atoms with E-state index >= 15 is 0 Å². The van der Waals surface area contributed by atoms with Crippen molar-refractivity contribution >= 4 is 5.91 Å². The number of unbranched alkanes of at least 4 members (excludes halogenated alkanes) is 19. The number of amides is 1. The van der Waals surface area contributed by atoms with Crippen LogP contribution in [0.15, 0.2) is 36.5 Å². The molecule has 3 saturated heterocycles. The second-order valence-electron chi connectivity index (χ2n) is 20.0. The molecule has 19 nitrogen and oxygen atoms in total. The van der Waals surface area contributed by atoms with E-state index in [2.05, 4.69) is 43.5 Å². The highest BCUT2D eigenvalue weighted by Crippen LogP contribution is 2.33. The van der Waals surface area contributed by atoms with Gasteiger partial charge < -0.3 is 89.9 Å². The van der Waals surface area contributed by atoms with E-state index < -0.39 is 124 Å². The predicted molar refractivity (Wildman–Crippen MR) is 272 cm³/mol. The van der Waals surface area contributed by atoms with Crippen LogP contribution < -0.4 is 5.32 Å². The van der Waals surface area contributed by atoms with Crippen LogP contribution in [0, 0.1) is 0 Å². The van der Waals surface area contributed by atoms with Crippen molar-refractivity contribution in [2.24, 2.45) is 0 Å². The monoisotopic (exact) mass is 1050 g/mol. The van der Waals surface area contributed by atoms with Gasteiger partial charge >= 0.3 is 0 Å². The summed E-state index contributed by atoms with van der Waals surface area (Å²) in [5.41, 5.74) is 0. The first-order chi connectivity index (χ1) is 35.3. The molecule has 17 atom stereocenters. The van der Waals surface area contributed by atoms with Crippen molar-refractivity contribution in [2.45, 2.75) is 272 Å². The molecule has 3 heterocycles. The number of ether oxygens (including phenoxy) is 6. The van der Waals surface area contributed by atoms with Crippen molar-refractivity contribution in [1.82, 2.24) is 5.32 Å². The molecule has 1 amide bonds. The minimum Gasteiger partial charge on any atom is -0.394 e. The van der Waals surface area contributed by atoms with Gasteiger partial charge in [0.25, 0.3) is 0 Å². The Balaban J connectivity index is 1.53. The molecule has 3 rings (SSSR count). The van der Waals surface area contributed by atoms with Crippen LogP contribution in [0.2, 0.25) is 0 Å². The average Bonchev–Trinajstić information content (AvgIpc) is 3.39. The molecule has 3 aliphatic heterocycles. The smallest absolute Gasteiger partial charge is 0.220 e. The summed E-state index contributed by atoms with van der Waals surface area (Å²) in [5.74, 6) is -0.287. The van der Waals surface area contributed by atoms with Crippen LogP contribution in [0.1, 0.15) is 168 Å². The lowest BCUT2D eigenvalue weighted by molar-refractivity contribution is -0.379. The van der Waals surface area contributed by atoms with Crippen LogP contribution in [0.25, 0.3) is 0 Å².